The molecule has 3 N–H and O–H groups in total. The van der Waals surface area contributed by atoms with Crippen LogP contribution >= 0.6 is 0 Å². The molecule has 2 aromatic rings. The van der Waals surface area contributed by atoms with Gasteiger partial charge in [-0.2, -0.15) is 0 Å². The summed E-state index contributed by atoms with van der Waals surface area (Å²) in [5.41, 5.74) is 4.35. The van der Waals surface area contributed by atoms with Crippen molar-refractivity contribution in [2.45, 2.75) is 32.1 Å². The Bertz CT molecular complexity index is 758. The van der Waals surface area contributed by atoms with Gasteiger partial charge in [0.1, 0.15) is 18.1 Å². The minimum absolute atomic E-state index is 0.179. The van der Waals surface area contributed by atoms with Gasteiger partial charge < -0.3 is 9.47 Å². The van der Waals surface area contributed by atoms with Crippen LogP contribution in [0.4, 0.5) is 0 Å². The van der Waals surface area contributed by atoms with Gasteiger partial charge in [-0.1, -0.05) is 24.3 Å². The molecule has 6 nitrogen and oxygen atoms in total. The van der Waals surface area contributed by atoms with E-state index in [1.165, 1.54) is 31.5 Å². The molecule has 1 fully saturated rings. The summed E-state index contributed by atoms with van der Waals surface area (Å²) in [5, 5.41) is 0. The molecule has 1 saturated heterocycles. The number of nitrogens with zero attached hydrogens (tertiary/aromatic N) is 1. The summed E-state index contributed by atoms with van der Waals surface area (Å²) in [6.07, 6.45) is 4.35. The Morgan fingerprint density at radius 1 is 1.10 bits per heavy atom. The van der Waals surface area contributed by atoms with Gasteiger partial charge in [0, 0.05) is 24.9 Å². The van der Waals surface area contributed by atoms with E-state index in [-0.39, 0.29) is 5.91 Å². The highest BCUT2D eigenvalue weighted by Crippen LogP contribution is 2.22. The normalized spacial score (nSPS) is 14.0. The SMILES string of the molecule is NNC(=O)CCCOc1ccc(Cc2[c]cccc2OCCN2CCCC2)cc1. The van der Waals surface area contributed by atoms with Crippen molar-refractivity contribution in [3.63, 3.8) is 0 Å². The molecule has 0 aromatic heterocycles. The largest absolute Gasteiger partial charge is 0.494 e. The maximum absolute atomic E-state index is 11.1. The molecule has 2 aromatic carbocycles. The van der Waals surface area contributed by atoms with Crippen LogP contribution in [0.5, 0.6) is 11.5 Å². The minimum Gasteiger partial charge on any atom is -0.494 e. The van der Waals surface area contributed by atoms with Crippen LogP contribution in [0, 0.1) is 6.07 Å². The predicted molar refractivity (Wildman–Crippen MR) is 113 cm³/mol. The zero-order chi connectivity index (χ0) is 20.3. The Labute approximate surface area is 173 Å². The molecule has 0 aliphatic carbocycles. The van der Waals surface area contributed by atoms with Gasteiger partial charge >= 0.3 is 0 Å². The third-order valence-corrected chi connectivity index (χ3v) is 5.04. The number of amides is 1. The molecule has 3 rings (SSSR count). The van der Waals surface area contributed by atoms with E-state index in [2.05, 4.69) is 28.5 Å². The quantitative estimate of drug-likeness (QED) is 0.264. The number of carbonyl (C=O) groups excluding carboxylic acids is 1. The highest BCUT2D eigenvalue weighted by molar-refractivity contribution is 5.75. The topological polar surface area (TPSA) is 76.8 Å². The van der Waals surface area contributed by atoms with E-state index in [1.807, 2.05) is 30.3 Å². The molecule has 0 bridgehead atoms. The number of hydrogen-bond acceptors (Lipinski definition) is 5. The van der Waals surface area contributed by atoms with Gasteiger partial charge in [-0.25, -0.2) is 5.84 Å². The van der Waals surface area contributed by atoms with E-state index >= 15 is 0 Å². The number of rotatable bonds is 11. The van der Waals surface area contributed by atoms with E-state index in [0.717, 1.165) is 30.0 Å². The fourth-order valence-corrected chi connectivity index (χ4v) is 3.42. The van der Waals surface area contributed by atoms with Crippen LogP contribution in [-0.4, -0.2) is 43.7 Å². The van der Waals surface area contributed by atoms with Gasteiger partial charge in [-0.3, -0.25) is 15.1 Å². The van der Waals surface area contributed by atoms with Gasteiger partial charge in [-0.05, 0) is 62.2 Å². The average Bonchev–Trinajstić information content (AvgIpc) is 3.27. The zero-order valence-electron chi connectivity index (χ0n) is 16.9. The van der Waals surface area contributed by atoms with Crippen molar-refractivity contribution in [1.29, 1.82) is 0 Å². The van der Waals surface area contributed by atoms with Gasteiger partial charge in [0.2, 0.25) is 5.91 Å². The molecule has 1 aliphatic rings. The molecule has 1 heterocycles. The number of nitrogens with two attached hydrogens (primary N) is 1. The molecule has 1 radical (unpaired) electrons. The number of carbonyl (C=O) groups is 1. The average molecular weight is 397 g/mol. The zero-order valence-corrected chi connectivity index (χ0v) is 16.9. The van der Waals surface area contributed by atoms with Crippen LogP contribution in [0.15, 0.2) is 42.5 Å². The highest BCUT2D eigenvalue weighted by Gasteiger charge is 2.11. The first-order chi connectivity index (χ1) is 14.2. The first-order valence-electron chi connectivity index (χ1n) is 10.3. The Balaban J connectivity index is 1.47. The lowest BCUT2D eigenvalue weighted by Gasteiger charge is -2.16. The second-order valence-electron chi connectivity index (χ2n) is 7.25. The highest BCUT2D eigenvalue weighted by atomic mass is 16.5. The summed E-state index contributed by atoms with van der Waals surface area (Å²) in [4.78, 5) is 13.5. The molecule has 6 heteroatoms. The first kappa shape index (κ1) is 21.1. The summed E-state index contributed by atoms with van der Waals surface area (Å²) in [6, 6.07) is 17.2. The van der Waals surface area contributed by atoms with Crippen LogP contribution in [0.3, 0.4) is 0 Å². The summed E-state index contributed by atoms with van der Waals surface area (Å²) >= 11 is 0. The molecule has 0 spiro atoms. The molecule has 0 unspecified atom stereocenters. The maximum atomic E-state index is 11.1. The standard InChI is InChI=1S/C23H30N3O3/c24-25-23(27)8-5-16-28-21-11-9-19(10-12-21)18-20-6-1-2-7-22(20)29-17-15-26-13-3-4-14-26/h1-2,7,9-12H,3-5,8,13-18,24H2,(H,25,27). The Morgan fingerprint density at radius 3 is 2.66 bits per heavy atom. The Morgan fingerprint density at radius 2 is 1.90 bits per heavy atom. The van der Waals surface area contributed by atoms with Crippen LogP contribution in [0.25, 0.3) is 0 Å². The van der Waals surface area contributed by atoms with E-state index in [4.69, 9.17) is 15.3 Å². The van der Waals surface area contributed by atoms with Crippen molar-refractivity contribution in [1.82, 2.24) is 10.3 Å². The summed E-state index contributed by atoms with van der Waals surface area (Å²) < 4.78 is 11.7. The van der Waals surface area contributed by atoms with Crippen molar-refractivity contribution in [2.75, 3.05) is 32.8 Å². The van der Waals surface area contributed by atoms with E-state index in [9.17, 15) is 4.79 Å². The maximum Gasteiger partial charge on any atom is 0.234 e. The van der Waals surface area contributed by atoms with Crippen LogP contribution in [0.1, 0.15) is 36.8 Å². The van der Waals surface area contributed by atoms with Crippen molar-refractivity contribution in [3.8, 4) is 11.5 Å². The number of likely N-dealkylation sites (tertiary alicyclic amines) is 1. The monoisotopic (exact) mass is 396 g/mol. The number of benzene rings is 2. The lowest BCUT2D eigenvalue weighted by Crippen LogP contribution is -2.29. The van der Waals surface area contributed by atoms with Crippen LogP contribution in [-0.2, 0) is 11.2 Å². The smallest absolute Gasteiger partial charge is 0.234 e. The number of nitrogens with one attached hydrogen (secondary N) is 1. The van der Waals surface area contributed by atoms with Crippen molar-refractivity contribution in [2.24, 2.45) is 5.84 Å². The van der Waals surface area contributed by atoms with E-state index < -0.39 is 0 Å². The van der Waals surface area contributed by atoms with Gasteiger partial charge in [-0.15, -0.1) is 0 Å². The molecule has 155 valence electrons. The van der Waals surface area contributed by atoms with Gasteiger partial charge in [0.25, 0.3) is 0 Å². The van der Waals surface area contributed by atoms with Crippen molar-refractivity contribution < 1.29 is 14.3 Å². The van der Waals surface area contributed by atoms with E-state index in [1.54, 1.807) is 0 Å². The van der Waals surface area contributed by atoms with E-state index in [0.29, 0.717) is 26.1 Å². The molecule has 29 heavy (non-hydrogen) atoms. The third kappa shape index (κ3) is 7.07. The molecular weight excluding hydrogens is 366 g/mol. The predicted octanol–water partition coefficient (Wildman–Crippen LogP) is 2.70. The first-order valence-corrected chi connectivity index (χ1v) is 10.3. The number of hydrogen-bond donors (Lipinski definition) is 2. The van der Waals surface area contributed by atoms with Crippen molar-refractivity contribution in [3.05, 3.63) is 59.7 Å². The lowest BCUT2D eigenvalue weighted by molar-refractivity contribution is -0.121. The second-order valence-corrected chi connectivity index (χ2v) is 7.25. The molecular formula is C23H30N3O3. The van der Waals surface area contributed by atoms with Crippen LogP contribution < -0.4 is 20.7 Å². The summed E-state index contributed by atoms with van der Waals surface area (Å²) in [6.45, 7) is 4.54. The number of ether oxygens (including phenoxy) is 2. The van der Waals surface area contributed by atoms with Crippen LogP contribution in [0.2, 0.25) is 0 Å². The van der Waals surface area contributed by atoms with Gasteiger partial charge in [0.15, 0.2) is 0 Å². The third-order valence-electron chi connectivity index (χ3n) is 5.04. The fraction of sp³-hybridized carbons (Fsp3) is 0.435. The number of hydrazine groups is 1. The second kappa shape index (κ2) is 11.4. The fourth-order valence-electron chi connectivity index (χ4n) is 3.42. The molecule has 1 amide bonds. The molecule has 0 atom stereocenters. The Kier molecular flexibility index (Phi) is 8.34. The summed E-state index contributed by atoms with van der Waals surface area (Å²) in [7, 11) is 0. The van der Waals surface area contributed by atoms with Crippen molar-refractivity contribution >= 4 is 5.91 Å². The minimum atomic E-state index is -0.179. The lowest BCUT2D eigenvalue weighted by atomic mass is 10.0. The molecule has 1 aliphatic heterocycles. The summed E-state index contributed by atoms with van der Waals surface area (Å²) in [5.74, 6) is 6.58. The van der Waals surface area contributed by atoms with Gasteiger partial charge in [0.05, 0.1) is 6.61 Å². The molecule has 0 saturated carbocycles. The Hall–Kier alpha value is -2.57.